The van der Waals surface area contributed by atoms with Crippen molar-refractivity contribution >= 4 is 10.9 Å². The van der Waals surface area contributed by atoms with Gasteiger partial charge in [-0.3, -0.25) is 5.10 Å². The van der Waals surface area contributed by atoms with E-state index in [9.17, 15) is 0 Å². The summed E-state index contributed by atoms with van der Waals surface area (Å²) in [6, 6.07) is 1.92. The van der Waals surface area contributed by atoms with E-state index in [2.05, 4.69) is 22.1 Å². The van der Waals surface area contributed by atoms with Crippen molar-refractivity contribution < 1.29 is 4.74 Å². The molecule has 1 aliphatic carbocycles. The quantitative estimate of drug-likeness (QED) is 0.818. The van der Waals surface area contributed by atoms with Gasteiger partial charge < -0.3 is 10.5 Å². The van der Waals surface area contributed by atoms with Crippen LogP contribution in [0.5, 0.6) is 5.88 Å². The highest BCUT2D eigenvalue weighted by atomic mass is 16.5. The monoisotopic (exact) mass is 316 g/mol. The van der Waals surface area contributed by atoms with Gasteiger partial charge in [0.1, 0.15) is 6.10 Å². The van der Waals surface area contributed by atoms with Gasteiger partial charge in [0.25, 0.3) is 0 Å². The molecule has 0 radical (unpaired) electrons. The van der Waals surface area contributed by atoms with E-state index < -0.39 is 0 Å². The Balaban J connectivity index is 1.74. The summed E-state index contributed by atoms with van der Waals surface area (Å²) in [7, 11) is 0. The maximum Gasteiger partial charge on any atom is 0.225 e. The highest BCUT2D eigenvalue weighted by molar-refractivity contribution is 5.86. The molecule has 2 aromatic rings. The molecule has 3 rings (SSSR count). The Bertz CT molecular complexity index is 625. The molecule has 2 heterocycles. The zero-order valence-corrected chi connectivity index (χ0v) is 14.1. The van der Waals surface area contributed by atoms with E-state index in [1.807, 2.05) is 6.07 Å². The minimum Gasteiger partial charge on any atom is -0.474 e. The summed E-state index contributed by atoms with van der Waals surface area (Å²) in [4.78, 5) is 4.48. The topological polar surface area (TPSA) is 76.8 Å². The van der Waals surface area contributed by atoms with E-state index in [0.717, 1.165) is 47.7 Å². The van der Waals surface area contributed by atoms with E-state index in [-0.39, 0.29) is 6.10 Å². The normalized spacial score (nSPS) is 21.7. The van der Waals surface area contributed by atoms with E-state index in [0.29, 0.717) is 6.54 Å². The van der Waals surface area contributed by atoms with Crippen LogP contribution in [0.1, 0.15) is 57.6 Å². The Morgan fingerprint density at radius 2 is 2.30 bits per heavy atom. The van der Waals surface area contributed by atoms with E-state index >= 15 is 0 Å². The van der Waals surface area contributed by atoms with Crippen LogP contribution in [0.25, 0.3) is 10.9 Å². The summed E-state index contributed by atoms with van der Waals surface area (Å²) in [6.07, 6.45) is 11.7. The Hall–Kier alpha value is -1.62. The van der Waals surface area contributed by atoms with Gasteiger partial charge in [-0.25, -0.2) is 4.98 Å². The van der Waals surface area contributed by atoms with Gasteiger partial charge in [0.2, 0.25) is 5.88 Å². The van der Waals surface area contributed by atoms with Crippen LogP contribution in [0.4, 0.5) is 0 Å². The van der Waals surface area contributed by atoms with Crippen molar-refractivity contribution in [2.24, 2.45) is 11.7 Å². The Morgan fingerprint density at radius 1 is 1.39 bits per heavy atom. The summed E-state index contributed by atoms with van der Waals surface area (Å²) in [6.45, 7) is 2.85. The molecule has 23 heavy (non-hydrogen) atoms. The number of nitrogens with two attached hydrogens (primary N) is 1. The summed E-state index contributed by atoms with van der Waals surface area (Å²) in [5.41, 5.74) is 7.65. The lowest BCUT2D eigenvalue weighted by molar-refractivity contribution is 0.116. The highest BCUT2D eigenvalue weighted by Gasteiger charge is 2.24. The van der Waals surface area contributed by atoms with Gasteiger partial charge in [0.05, 0.1) is 10.9 Å². The van der Waals surface area contributed by atoms with Crippen molar-refractivity contribution in [3.05, 3.63) is 18.0 Å². The van der Waals surface area contributed by atoms with Gasteiger partial charge in [-0.15, -0.1) is 0 Å². The number of ether oxygens (including phenoxy) is 1. The lowest BCUT2D eigenvalue weighted by atomic mass is 9.84. The van der Waals surface area contributed by atoms with Gasteiger partial charge in [-0.2, -0.15) is 5.10 Å². The SMILES string of the molecule is CCCCC1CCCC(Oc2nccc3n[nH]c(CCN)c23)C1. The fraction of sp³-hybridized carbons (Fsp3) is 0.667. The van der Waals surface area contributed by atoms with Gasteiger partial charge in [0, 0.05) is 18.3 Å². The average molecular weight is 316 g/mol. The molecule has 3 N–H and O–H groups in total. The summed E-state index contributed by atoms with van der Waals surface area (Å²) in [5, 5.41) is 8.43. The average Bonchev–Trinajstić information content (AvgIpc) is 2.98. The number of H-pyrrole nitrogens is 1. The molecule has 1 fully saturated rings. The predicted molar refractivity (Wildman–Crippen MR) is 92.5 cm³/mol. The number of nitrogens with zero attached hydrogens (tertiary/aromatic N) is 2. The van der Waals surface area contributed by atoms with Crippen LogP contribution in [-0.4, -0.2) is 27.8 Å². The van der Waals surface area contributed by atoms with E-state index in [4.69, 9.17) is 10.5 Å². The molecule has 2 aromatic heterocycles. The second-order valence-corrected chi connectivity index (χ2v) is 6.67. The van der Waals surface area contributed by atoms with Crippen molar-refractivity contribution in [3.8, 4) is 5.88 Å². The molecule has 0 aromatic carbocycles. The van der Waals surface area contributed by atoms with E-state index in [1.165, 1.54) is 32.1 Å². The second kappa shape index (κ2) is 7.77. The number of aromatic nitrogens is 3. The minimum atomic E-state index is 0.282. The minimum absolute atomic E-state index is 0.282. The maximum absolute atomic E-state index is 6.31. The van der Waals surface area contributed by atoms with Crippen molar-refractivity contribution in [3.63, 3.8) is 0 Å². The first-order valence-corrected chi connectivity index (χ1v) is 9.00. The largest absolute Gasteiger partial charge is 0.474 e. The number of hydrogen-bond acceptors (Lipinski definition) is 4. The first-order chi connectivity index (χ1) is 11.3. The number of aromatic amines is 1. The third-order valence-corrected chi connectivity index (χ3v) is 4.88. The van der Waals surface area contributed by atoms with Gasteiger partial charge in [-0.05, 0) is 37.8 Å². The molecule has 1 aliphatic rings. The standard InChI is InChI=1S/C18H28N4O/c1-2-3-5-13-6-4-7-14(12-13)23-18-17-15(8-10-19)21-22-16(17)9-11-20-18/h9,11,13-14H,2-8,10,12,19H2,1H3,(H,21,22). The first kappa shape index (κ1) is 16.2. The number of nitrogens with one attached hydrogen (secondary N) is 1. The molecule has 126 valence electrons. The number of fused-ring (bicyclic) bond motifs is 1. The molecular weight excluding hydrogens is 288 g/mol. The molecule has 5 nitrogen and oxygen atoms in total. The molecule has 0 aliphatic heterocycles. The summed E-state index contributed by atoms with van der Waals surface area (Å²) >= 11 is 0. The van der Waals surface area contributed by atoms with Crippen LogP contribution in [0.2, 0.25) is 0 Å². The highest BCUT2D eigenvalue weighted by Crippen LogP contribution is 2.33. The first-order valence-electron chi connectivity index (χ1n) is 9.00. The summed E-state index contributed by atoms with van der Waals surface area (Å²) < 4.78 is 6.31. The van der Waals surface area contributed by atoms with Crippen LogP contribution in [0.3, 0.4) is 0 Å². The Labute approximate surface area is 138 Å². The van der Waals surface area contributed by atoms with Gasteiger partial charge >= 0.3 is 0 Å². The Morgan fingerprint density at radius 3 is 3.13 bits per heavy atom. The molecule has 5 heteroatoms. The second-order valence-electron chi connectivity index (χ2n) is 6.67. The fourth-order valence-corrected chi connectivity index (χ4v) is 3.67. The predicted octanol–water partition coefficient (Wildman–Crippen LogP) is 3.59. The number of unbranched alkanes of at least 4 members (excludes halogenated alkanes) is 1. The fourth-order valence-electron chi connectivity index (χ4n) is 3.67. The Kier molecular flexibility index (Phi) is 5.49. The molecule has 0 spiro atoms. The zero-order chi connectivity index (χ0) is 16.1. The summed E-state index contributed by atoms with van der Waals surface area (Å²) in [5.74, 6) is 1.53. The third kappa shape index (κ3) is 3.83. The zero-order valence-electron chi connectivity index (χ0n) is 14.1. The van der Waals surface area contributed by atoms with Gasteiger partial charge in [-0.1, -0.05) is 32.6 Å². The molecule has 2 unspecified atom stereocenters. The lowest BCUT2D eigenvalue weighted by Crippen LogP contribution is -2.25. The molecule has 0 saturated heterocycles. The lowest BCUT2D eigenvalue weighted by Gasteiger charge is -2.29. The van der Waals surface area contributed by atoms with Crippen molar-refractivity contribution in [2.75, 3.05) is 6.54 Å². The third-order valence-electron chi connectivity index (χ3n) is 4.88. The molecule has 2 atom stereocenters. The van der Waals surface area contributed by atoms with Crippen molar-refractivity contribution in [2.45, 2.75) is 64.4 Å². The molecular formula is C18H28N4O. The van der Waals surface area contributed by atoms with Crippen LogP contribution >= 0.6 is 0 Å². The van der Waals surface area contributed by atoms with Crippen LogP contribution < -0.4 is 10.5 Å². The van der Waals surface area contributed by atoms with Crippen molar-refractivity contribution in [1.82, 2.24) is 15.2 Å². The molecule has 0 amide bonds. The number of rotatable bonds is 7. The smallest absolute Gasteiger partial charge is 0.225 e. The molecule has 1 saturated carbocycles. The van der Waals surface area contributed by atoms with Crippen LogP contribution in [0, 0.1) is 5.92 Å². The number of pyridine rings is 1. The maximum atomic E-state index is 6.31. The van der Waals surface area contributed by atoms with E-state index in [1.54, 1.807) is 6.20 Å². The van der Waals surface area contributed by atoms with Gasteiger partial charge in [0.15, 0.2) is 0 Å². The number of hydrogen-bond donors (Lipinski definition) is 2. The molecule has 0 bridgehead atoms. The van der Waals surface area contributed by atoms with Crippen LogP contribution in [0.15, 0.2) is 12.3 Å². The van der Waals surface area contributed by atoms with Crippen LogP contribution in [-0.2, 0) is 6.42 Å². The van der Waals surface area contributed by atoms with Crippen molar-refractivity contribution in [1.29, 1.82) is 0 Å².